The van der Waals surface area contributed by atoms with Crippen molar-refractivity contribution >= 4 is 24.8 Å². The molecule has 2 N–H and O–H groups in total. The largest absolute Gasteiger partial charge is 0.496 e. The van der Waals surface area contributed by atoms with Crippen molar-refractivity contribution in [3.8, 4) is 17.1 Å². The van der Waals surface area contributed by atoms with Gasteiger partial charge in [0.05, 0.1) is 18.8 Å². The summed E-state index contributed by atoms with van der Waals surface area (Å²) < 4.78 is 11.2. The lowest BCUT2D eigenvalue weighted by molar-refractivity contribution is 0.0420. The Morgan fingerprint density at radius 3 is 2.59 bits per heavy atom. The van der Waals surface area contributed by atoms with E-state index >= 15 is 0 Å². The van der Waals surface area contributed by atoms with Crippen LogP contribution in [0, 0.1) is 0 Å². The Morgan fingerprint density at radius 2 is 1.93 bits per heavy atom. The zero-order valence-corrected chi connectivity index (χ0v) is 18.0. The minimum atomic E-state index is -0.243. The van der Waals surface area contributed by atoms with Crippen molar-refractivity contribution in [2.75, 3.05) is 13.7 Å². The number of benzene rings is 2. The van der Waals surface area contributed by atoms with Crippen LogP contribution in [-0.4, -0.2) is 23.6 Å². The number of aromatic nitrogens is 1. The number of methoxy groups -OCH3 is 1. The molecule has 3 aromatic rings. The predicted octanol–water partition coefficient (Wildman–Crippen LogP) is 4.99. The van der Waals surface area contributed by atoms with Crippen LogP contribution in [0.2, 0.25) is 0 Å². The maximum absolute atomic E-state index is 6.58. The molecule has 0 radical (unpaired) electrons. The molecule has 1 atom stereocenters. The molecule has 1 fully saturated rings. The quantitative estimate of drug-likeness (QED) is 0.571. The summed E-state index contributed by atoms with van der Waals surface area (Å²) >= 11 is 0. The van der Waals surface area contributed by atoms with E-state index in [-0.39, 0.29) is 30.4 Å². The molecule has 2 heterocycles. The van der Waals surface area contributed by atoms with E-state index in [1.54, 1.807) is 13.3 Å². The van der Waals surface area contributed by atoms with E-state index in [0.29, 0.717) is 0 Å². The highest BCUT2D eigenvalue weighted by Crippen LogP contribution is 2.41. The third-order valence-corrected chi connectivity index (χ3v) is 5.58. The highest BCUT2D eigenvalue weighted by atomic mass is 35.5. The number of hydrogen-bond donors (Lipinski definition) is 1. The Morgan fingerprint density at radius 1 is 1.14 bits per heavy atom. The van der Waals surface area contributed by atoms with Crippen molar-refractivity contribution in [3.05, 3.63) is 72.2 Å². The zero-order valence-electron chi connectivity index (χ0n) is 16.4. The van der Waals surface area contributed by atoms with Crippen molar-refractivity contribution < 1.29 is 9.15 Å². The molecule has 1 aromatic heterocycles. The first-order valence-corrected chi connectivity index (χ1v) is 9.36. The molecule has 1 unspecified atom stereocenters. The molecule has 0 bridgehead atoms. The van der Waals surface area contributed by atoms with Gasteiger partial charge in [0.25, 0.3) is 0 Å². The average molecular weight is 436 g/mol. The van der Waals surface area contributed by atoms with E-state index in [9.17, 15) is 0 Å². The van der Waals surface area contributed by atoms with Crippen molar-refractivity contribution in [1.82, 2.24) is 9.99 Å². The summed E-state index contributed by atoms with van der Waals surface area (Å²) in [7, 11) is 1.71. The van der Waals surface area contributed by atoms with E-state index < -0.39 is 0 Å². The normalized spacial score (nSPS) is 19.1. The predicted molar refractivity (Wildman–Crippen MR) is 120 cm³/mol. The molecule has 5 nitrogen and oxygen atoms in total. The Kier molecular flexibility index (Phi) is 8.11. The number of nitrogens with two attached hydrogens (primary N) is 1. The van der Waals surface area contributed by atoms with Crippen LogP contribution < -0.4 is 10.6 Å². The number of hydrogen-bond acceptors (Lipinski definition) is 5. The standard InChI is InChI=1S/C22H25N3O2.2ClH/c1-26-20-10-9-17(21-15-24-16-27-21)13-18(20)14-22(11-5-6-12-25(22)23)19-7-3-2-4-8-19;;/h2-4,7-10,13,15-16H,5-6,11-12,14,23H2,1H3;2*1H. The Bertz CT molecular complexity index is 890. The molecular formula is C22H27Cl2N3O2. The van der Waals surface area contributed by atoms with Crippen molar-refractivity contribution in [2.24, 2.45) is 5.84 Å². The molecule has 29 heavy (non-hydrogen) atoms. The SMILES string of the molecule is COc1ccc(-c2cnco2)cc1CC1(c2ccccc2)CCCCN1N.Cl.Cl. The summed E-state index contributed by atoms with van der Waals surface area (Å²) in [6.45, 7) is 0.888. The first-order valence-electron chi connectivity index (χ1n) is 9.36. The lowest BCUT2D eigenvalue weighted by Gasteiger charge is -2.45. The minimum absolute atomic E-state index is 0. The van der Waals surface area contributed by atoms with E-state index in [4.69, 9.17) is 15.0 Å². The molecule has 2 aromatic carbocycles. The Labute approximate surface area is 184 Å². The second-order valence-corrected chi connectivity index (χ2v) is 7.12. The fraction of sp³-hybridized carbons (Fsp3) is 0.318. The highest BCUT2D eigenvalue weighted by Gasteiger charge is 2.39. The van der Waals surface area contributed by atoms with Crippen LogP contribution in [-0.2, 0) is 12.0 Å². The van der Waals surface area contributed by atoms with Gasteiger partial charge in [-0.2, -0.15) is 0 Å². The van der Waals surface area contributed by atoms with E-state index in [2.05, 4.69) is 35.3 Å². The van der Waals surface area contributed by atoms with Gasteiger partial charge in [0.2, 0.25) is 0 Å². The monoisotopic (exact) mass is 435 g/mol. The minimum Gasteiger partial charge on any atom is -0.496 e. The summed E-state index contributed by atoms with van der Waals surface area (Å²) in [5.74, 6) is 8.20. The first-order chi connectivity index (χ1) is 13.2. The number of nitrogens with zero attached hydrogens (tertiary/aromatic N) is 2. The van der Waals surface area contributed by atoms with Gasteiger partial charge < -0.3 is 9.15 Å². The van der Waals surface area contributed by atoms with Crippen LogP contribution in [0.25, 0.3) is 11.3 Å². The maximum atomic E-state index is 6.58. The number of hydrazine groups is 1. The fourth-order valence-electron chi connectivity index (χ4n) is 4.15. The van der Waals surface area contributed by atoms with Crippen LogP contribution in [0.5, 0.6) is 5.75 Å². The second-order valence-electron chi connectivity index (χ2n) is 7.12. The Balaban J connectivity index is 0.00000150. The molecule has 1 aliphatic rings. The third-order valence-electron chi connectivity index (χ3n) is 5.58. The van der Waals surface area contributed by atoms with Gasteiger partial charge in [-0.3, -0.25) is 5.84 Å². The van der Waals surface area contributed by atoms with Gasteiger partial charge in [-0.1, -0.05) is 30.3 Å². The van der Waals surface area contributed by atoms with Crippen molar-refractivity contribution in [2.45, 2.75) is 31.2 Å². The first kappa shape index (κ1) is 23.2. The van der Waals surface area contributed by atoms with Gasteiger partial charge in [-0.25, -0.2) is 9.99 Å². The van der Waals surface area contributed by atoms with Gasteiger partial charge in [-0.15, -0.1) is 24.8 Å². The van der Waals surface area contributed by atoms with Crippen LogP contribution in [0.3, 0.4) is 0 Å². The smallest absolute Gasteiger partial charge is 0.181 e. The lowest BCUT2D eigenvalue weighted by Crippen LogP contribution is -2.54. The topological polar surface area (TPSA) is 64.5 Å². The second kappa shape index (κ2) is 10.1. The molecule has 0 spiro atoms. The Hall–Kier alpha value is -2.05. The molecule has 1 aliphatic heterocycles. The van der Waals surface area contributed by atoms with Gasteiger partial charge >= 0.3 is 0 Å². The third kappa shape index (κ3) is 4.59. The van der Waals surface area contributed by atoms with Crippen LogP contribution in [0.4, 0.5) is 0 Å². The zero-order chi connectivity index (χ0) is 18.7. The number of rotatable bonds is 5. The van der Waals surface area contributed by atoms with E-state index in [1.807, 2.05) is 23.2 Å². The summed E-state index contributed by atoms with van der Waals surface area (Å²) in [5, 5.41) is 2.02. The number of ether oxygens (including phenoxy) is 1. The fourth-order valence-corrected chi connectivity index (χ4v) is 4.15. The maximum Gasteiger partial charge on any atom is 0.181 e. The highest BCUT2D eigenvalue weighted by molar-refractivity contribution is 5.85. The number of piperidine rings is 1. The van der Waals surface area contributed by atoms with E-state index in [0.717, 1.165) is 54.9 Å². The average Bonchev–Trinajstić information content (AvgIpc) is 3.25. The molecular weight excluding hydrogens is 409 g/mol. The van der Waals surface area contributed by atoms with Crippen LogP contribution >= 0.6 is 24.8 Å². The number of halogens is 2. The summed E-state index contributed by atoms with van der Waals surface area (Å²) in [5.41, 5.74) is 3.12. The van der Waals surface area contributed by atoms with Gasteiger partial charge in [0.15, 0.2) is 12.2 Å². The van der Waals surface area contributed by atoms with Crippen molar-refractivity contribution in [1.29, 1.82) is 0 Å². The van der Waals surface area contributed by atoms with E-state index in [1.165, 1.54) is 12.0 Å². The number of oxazole rings is 1. The van der Waals surface area contributed by atoms with Gasteiger partial charge in [0.1, 0.15) is 5.75 Å². The van der Waals surface area contributed by atoms with Crippen LogP contribution in [0.15, 0.2) is 65.5 Å². The summed E-state index contributed by atoms with van der Waals surface area (Å²) in [6, 6.07) is 16.7. The van der Waals surface area contributed by atoms with Crippen molar-refractivity contribution in [3.63, 3.8) is 0 Å². The molecule has 1 saturated heterocycles. The molecule has 4 rings (SSSR count). The summed E-state index contributed by atoms with van der Waals surface area (Å²) in [4.78, 5) is 4.03. The molecule has 7 heteroatoms. The molecule has 0 amide bonds. The summed E-state index contributed by atoms with van der Waals surface area (Å²) in [6.07, 6.45) is 7.26. The van der Waals surface area contributed by atoms with Gasteiger partial charge in [0, 0.05) is 12.1 Å². The molecule has 0 aliphatic carbocycles. The molecule has 156 valence electrons. The van der Waals surface area contributed by atoms with Crippen LogP contribution in [0.1, 0.15) is 30.4 Å². The van der Waals surface area contributed by atoms with Gasteiger partial charge in [-0.05, 0) is 55.0 Å². The lowest BCUT2D eigenvalue weighted by atomic mass is 9.76. The molecule has 0 saturated carbocycles.